The summed E-state index contributed by atoms with van der Waals surface area (Å²) in [6.45, 7) is 3.26. The molecule has 0 aliphatic heterocycles. The lowest BCUT2D eigenvalue weighted by Gasteiger charge is -1.84. The van der Waals surface area contributed by atoms with E-state index >= 15 is 0 Å². The van der Waals surface area contributed by atoms with Crippen LogP contribution in [0.3, 0.4) is 0 Å². The van der Waals surface area contributed by atoms with Gasteiger partial charge in [-0.25, -0.2) is 4.79 Å². The van der Waals surface area contributed by atoms with Crippen LogP contribution in [0.5, 0.6) is 0 Å². The van der Waals surface area contributed by atoms with Crippen LogP contribution in [0.2, 0.25) is 0 Å². The fraction of sp³-hybridized carbons (Fsp3) is 0.500. The molecule has 0 aliphatic rings. The van der Waals surface area contributed by atoms with Gasteiger partial charge in [0.1, 0.15) is 0 Å². The molecule has 0 radical (unpaired) electrons. The van der Waals surface area contributed by atoms with Gasteiger partial charge >= 0.3 is 5.97 Å². The van der Waals surface area contributed by atoms with Crippen LogP contribution in [0.25, 0.3) is 0 Å². The fourth-order valence-corrected chi connectivity index (χ4v) is 0.123. The number of alkyl halides is 3. The number of hydrogen-bond acceptors (Lipinski definition) is 1. The Balaban J connectivity index is 0. The highest BCUT2D eigenvalue weighted by molar-refractivity contribution is 6.63. The van der Waals surface area contributed by atoms with Crippen LogP contribution in [0.4, 0.5) is 0 Å². The van der Waals surface area contributed by atoms with E-state index in [1.165, 1.54) is 0 Å². The molecule has 0 aliphatic carbocycles. The summed E-state index contributed by atoms with van der Waals surface area (Å²) in [4.78, 5) is 9.86. The molecule has 0 saturated heterocycles. The van der Waals surface area contributed by atoms with E-state index in [-0.39, 0.29) is 0 Å². The first-order chi connectivity index (χ1) is 4.91. The summed E-state index contributed by atoms with van der Waals surface area (Å²) >= 11 is 14.4. The zero-order chi connectivity index (χ0) is 9.44. The largest absolute Gasteiger partial charge is 0.478 e. The quantitative estimate of drug-likeness (QED) is 0.544. The molecule has 0 atom stereocenters. The van der Waals surface area contributed by atoms with Crippen LogP contribution in [-0.2, 0) is 4.79 Å². The first-order valence-corrected chi connectivity index (χ1v) is 4.01. The molecule has 0 unspecified atom stereocenters. The average Bonchev–Trinajstić information content (AvgIpc) is 1.85. The van der Waals surface area contributed by atoms with Crippen molar-refractivity contribution in [3.8, 4) is 0 Å². The van der Waals surface area contributed by atoms with E-state index in [1.54, 1.807) is 19.9 Å². The number of carboxylic acid groups (broad SMARTS) is 1. The first-order valence-electron chi connectivity index (χ1n) is 2.70. The summed E-state index contributed by atoms with van der Waals surface area (Å²) in [5, 5.41) is 8.11. The molecule has 0 bridgehead atoms. The van der Waals surface area contributed by atoms with Crippen molar-refractivity contribution in [1.82, 2.24) is 0 Å². The zero-order valence-electron chi connectivity index (χ0n) is 6.14. The second kappa shape index (κ2) is 8.18. The van der Waals surface area contributed by atoms with Crippen molar-refractivity contribution in [1.29, 1.82) is 0 Å². The summed E-state index contributed by atoms with van der Waals surface area (Å²) in [5.74, 6) is -0.845. The number of aliphatic carboxylic acids is 1. The third-order valence-electron chi connectivity index (χ3n) is 0.770. The van der Waals surface area contributed by atoms with Crippen LogP contribution in [0, 0.1) is 0 Å². The number of hydrogen-bond donors (Lipinski definition) is 1. The Hall–Kier alpha value is 0.0800. The van der Waals surface area contributed by atoms with Crippen molar-refractivity contribution in [3.63, 3.8) is 0 Å². The van der Waals surface area contributed by atoms with E-state index in [9.17, 15) is 4.79 Å². The predicted octanol–water partition coefficient (Wildman–Crippen LogP) is 3.02. The van der Waals surface area contributed by atoms with Crippen molar-refractivity contribution in [3.05, 3.63) is 11.6 Å². The van der Waals surface area contributed by atoms with Gasteiger partial charge in [-0.15, -0.1) is 0 Å². The number of carbonyl (C=O) groups is 1. The number of rotatable bonds is 1. The van der Waals surface area contributed by atoms with Gasteiger partial charge in [-0.05, 0) is 13.8 Å². The van der Waals surface area contributed by atoms with Gasteiger partial charge < -0.3 is 5.11 Å². The van der Waals surface area contributed by atoms with E-state index in [0.717, 1.165) is 0 Å². The Morgan fingerprint density at radius 3 is 1.73 bits per heavy atom. The maximum absolute atomic E-state index is 9.86. The highest BCUT2D eigenvalue weighted by atomic mass is 35.6. The zero-order valence-corrected chi connectivity index (χ0v) is 8.41. The fourth-order valence-electron chi connectivity index (χ4n) is 0.123. The summed E-state index contributed by atoms with van der Waals surface area (Å²) in [6.07, 6.45) is 1.56. The highest BCUT2D eigenvalue weighted by Gasteiger charge is 1.93. The van der Waals surface area contributed by atoms with Crippen molar-refractivity contribution in [2.45, 2.75) is 18.1 Å². The van der Waals surface area contributed by atoms with E-state index in [1.807, 2.05) is 0 Å². The summed E-state index contributed by atoms with van der Waals surface area (Å²) in [5.41, 5.74) is 0.389. The Kier molecular flexibility index (Phi) is 10.2. The number of allylic oxidation sites excluding steroid dienone is 1. The van der Waals surface area contributed by atoms with Gasteiger partial charge in [-0.2, -0.15) is 0 Å². The Bertz CT molecular complexity index is 140. The van der Waals surface area contributed by atoms with Gasteiger partial charge in [0.05, 0.1) is 0 Å². The van der Waals surface area contributed by atoms with Crippen molar-refractivity contribution in [2.24, 2.45) is 0 Å². The maximum atomic E-state index is 9.86. The summed E-state index contributed by atoms with van der Waals surface area (Å²) < 4.78 is -0.750. The van der Waals surface area contributed by atoms with E-state index in [2.05, 4.69) is 0 Å². The van der Waals surface area contributed by atoms with Gasteiger partial charge in [0.25, 0.3) is 0 Å². The number of carboxylic acids is 1. The molecule has 1 N–H and O–H groups in total. The monoisotopic (exact) mass is 218 g/mol. The van der Waals surface area contributed by atoms with Crippen molar-refractivity contribution in [2.75, 3.05) is 0 Å². The van der Waals surface area contributed by atoms with Crippen molar-refractivity contribution < 1.29 is 9.90 Å². The SMILES string of the molecule is CC=C(C)C(=O)O.ClC(Cl)Cl. The minimum absolute atomic E-state index is 0.389. The van der Waals surface area contributed by atoms with Gasteiger partial charge in [-0.3, -0.25) is 0 Å². The van der Waals surface area contributed by atoms with E-state index < -0.39 is 10.3 Å². The van der Waals surface area contributed by atoms with Crippen LogP contribution in [0.15, 0.2) is 11.6 Å². The van der Waals surface area contributed by atoms with Gasteiger partial charge in [0.2, 0.25) is 0 Å². The highest BCUT2D eigenvalue weighted by Crippen LogP contribution is 2.03. The maximum Gasteiger partial charge on any atom is 0.330 e. The molecule has 0 spiro atoms. The lowest BCUT2D eigenvalue weighted by molar-refractivity contribution is -0.132. The van der Waals surface area contributed by atoms with E-state index in [0.29, 0.717) is 5.57 Å². The molecule has 2 nitrogen and oxygen atoms in total. The summed E-state index contributed by atoms with van der Waals surface area (Å²) in [6, 6.07) is 0. The van der Waals surface area contributed by atoms with Crippen LogP contribution < -0.4 is 0 Å². The first kappa shape index (κ1) is 13.7. The second-order valence-corrected chi connectivity index (χ2v) is 3.50. The van der Waals surface area contributed by atoms with Gasteiger partial charge in [0.15, 0.2) is 4.30 Å². The van der Waals surface area contributed by atoms with Crippen LogP contribution in [0.1, 0.15) is 13.8 Å². The molecule has 11 heavy (non-hydrogen) atoms. The van der Waals surface area contributed by atoms with Crippen LogP contribution >= 0.6 is 34.8 Å². The third-order valence-corrected chi connectivity index (χ3v) is 0.770. The molecule has 0 aromatic heterocycles. The Morgan fingerprint density at radius 1 is 1.45 bits per heavy atom. The minimum Gasteiger partial charge on any atom is -0.478 e. The molecule has 0 amide bonds. The van der Waals surface area contributed by atoms with Crippen molar-refractivity contribution >= 4 is 40.8 Å². The molecule has 66 valence electrons. The molecular weight excluding hydrogens is 210 g/mol. The lowest BCUT2D eigenvalue weighted by Crippen LogP contribution is -1.93. The van der Waals surface area contributed by atoms with Gasteiger partial charge in [-0.1, -0.05) is 40.9 Å². The molecule has 0 aromatic carbocycles. The molecule has 0 saturated carbocycles. The molecular formula is C6H9Cl3O2. The topological polar surface area (TPSA) is 37.3 Å². The predicted molar refractivity (Wildman–Crippen MR) is 48.4 cm³/mol. The molecule has 5 heteroatoms. The molecule has 0 heterocycles. The Morgan fingerprint density at radius 2 is 1.73 bits per heavy atom. The molecule has 0 rings (SSSR count). The summed E-state index contributed by atoms with van der Waals surface area (Å²) in [7, 11) is 0. The third kappa shape index (κ3) is 17.8. The lowest BCUT2D eigenvalue weighted by atomic mass is 10.3. The average molecular weight is 219 g/mol. The van der Waals surface area contributed by atoms with Gasteiger partial charge in [0, 0.05) is 5.57 Å². The molecule has 0 fully saturated rings. The smallest absolute Gasteiger partial charge is 0.330 e. The second-order valence-electron chi connectivity index (χ2n) is 1.52. The molecule has 0 aromatic rings. The normalized spacial score (nSPS) is 10.5. The van der Waals surface area contributed by atoms with Crippen LogP contribution in [-0.4, -0.2) is 15.4 Å². The Labute approximate surface area is 80.7 Å². The minimum atomic E-state index is -0.845. The number of halogens is 3. The standard InChI is InChI=1S/C5H8O2.CHCl3/c1-3-4(2)5(6)7;2-1(3)4/h3H,1-2H3,(H,6,7);1H. The van der Waals surface area contributed by atoms with E-state index in [4.69, 9.17) is 39.9 Å².